The monoisotopic (exact) mass is 499 g/mol. The number of para-hydroxylation sites is 1. The fourth-order valence-corrected chi connectivity index (χ4v) is 5.51. The third-order valence-electron chi connectivity index (χ3n) is 6.87. The summed E-state index contributed by atoms with van der Waals surface area (Å²) in [5.74, 6) is -2.61. The Kier molecular flexibility index (Phi) is 5.94. The average molecular weight is 500 g/mol. The van der Waals surface area contributed by atoms with E-state index in [2.05, 4.69) is 10.4 Å². The number of nitrogens with zero attached hydrogens (tertiary/aromatic N) is 3. The van der Waals surface area contributed by atoms with Crippen LogP contribution in [0.25, 0.3) is 10.9 Å². The summed E-state index contributed by atoms with van der Waals surface area (Å²) < 4.78 is 15.6. The number of primary amides is 1. The summed E-state index contributed by atoms with van der Waals surface area (Å²) in [4.78, 5) is 39.9. The molecule has 11 heteroatoms. The van der Waals surface area contributed by atoms with Crippen LogP contribution in [0.3, 0.4) is 0 Å². The summed E-state index contributed by atoms with van der Waals surface area (Å²) in [6.45, 7) is -0.317. The Morgan fingerprint density at radius 1 is 1.17 bits per heavy atom. The van der Waals surface area contributed by atoms with Gasteiger partial charge in [-0.3, -0.25) is 19.1 Å². The number of aromatic nitrogens is 2. The van der Waals surface area contributed by atoms with Gasteiger partial charge in [-0.2, -0.15) is 5.10 Å². The second-order valence-corrected chi connectivity index (χ2v) is 9.33. The predicted molar refractivity (Wildman–Crippen MR) is 125 cm³/mol. The Balaban J connectivity index is 1.38. The number of aliphatic hydroxyl groups excluding tert-OH is 1. The van der Waals surface area contributed by atoms with E-state index in [1.807, 2.05) is 0 Å². The number of likely N-dealkylation sites (tertiary alicyclic amines) is 1. The number of aliphatic hydroxyl groups is 1. The van der Waals surface area contributed by atoms with Crippen molar-refractivity contribution in [2.45, 2.75) is 44.1 Å². The molecule has 2 aliphatic rings. The number of piperidine rings is 1. The van der Waals surface area contributed by atoms with Crippen molar-refractivity contribution in [2.75, 3.05) is 0 Å². The number of fused-ring (bicyclic) bond motifs is 3. The van der Waals surface area contributed by atoms with Gasteiger partial charge in [0.1, 0.15) is 18.4 Å². The third kappa shape index (κ3) is 4.02. The van der Waals surface area contributed by atoms with Crippen molar-refractivity contribution in [1.29, 1.82) is 0 Å². The number of rotatable bonds is 6. The van der Waals surface area contributed by atoms with E-state index in [1.165, 1.54) is 21.7 Å². The van der Waals surface area contributed by atoms with Gasteiger partial charge in [-0.1, -0.05) is 41.9 Å². The molecule has 182 valence electrons. The fraction of sp³-hybridized carbons (Fsp3) is 0.333. The van der Waals surface area contributed by atoms with Gasteiger partial charge in [-0.25, -0.2) is 4.39 Å². The van der Waals surface area contributed by atoms with Crippen molar-refractivity contribution in [3.8, 4) is 0 Å². The summed E-state index contributed by atoms with van der Waals surface area (Å²) in [6, 6.07) is 10.2. The molecule has 5 rings (SSSR count). The van der Waals surface area contributed by atoms with Gasteiger partial charge in [0.05, 0.1) is 16.6 Å². The van der Waals surface area contributed by atoms with E-state index in [0.29, 0.717) is 23.7 Å². The number of carbonyl (C=O) groups excluding carboxylic acids is 3. The van der Waals surface area contributed by atoms with Crippen molar-refractivity contribution in [1.82, 2.24) is 20.0 Å². The van der Waals surface area contributed by atoms with Gasteiger partial charge in [-0.15, -0.1) is 0 Å². The molecule has 2 aromatic carbocycles. The first-order chi connectivity index (χ1) is 16.8. The van der Waals surface area contributed by atoms with Crippen LogP contribution in [-0.4, -0.2) is 55.7 Å². The molecule has 3 aromatic rings. The lowest BCUT2D eigenvalue weighted by atomic mass is 9.95. The predicted octanol–water partition coefficient (Wildman–Crippen LogP) is 1.59. The van der Waals surface area contributed by atoms with Crippen LogP contribution in [0.1, 0.15) is 28.9 Å². The molecular formula is C24H23ClFN5O4. The zero-order valence-corrected chi connectivity index (χ0v) is 19.3. The molecule has 1 aliphatic heterocycles. The molecule has 2 fully saturated rings. The Bertz CT molecular complexity index is 1340. The molecule has 1 aromatic heterocycles. The highest BCUT2D eigenvalue weighted by molar-refractivity contribution is 6.30. The number of hydrogen-bond acceptors (Lipinski definition) is 5. The molecular weight excluding hydrogens is 477 g/mol. The van der Waals surface area contributed by atoms with Crippen LogP contribution in [0.15, 0.2) is 42.5 Å². The maximum atomic E-state index is 14.2. The van der Waals surface area contributed by atoms with E-state index in [0.717, 1.165) is 0 Å². The quantitative estimate of drug-likeness (QED) is 0.474. The number of carbonyl (C=O) groups is 3. The highest BCUT2D eigenvalue weighted by Gasteiger charge is 2.55. The van der Waals surface area contributed by atoms with E-state index in [1.54, 1.807) is 30.3 Å². The number of nitrogens with two attached hydrogens (primary N) is 1. The van der Waals surface area contributed by atoms with Gasteiger partial charge < -0.3 is 21.1 Å². The number of hydrogen-bond donors (Lipinski definition) is 3. The minimum Gasteiger partial charge on any atom is -0.393 e. The minimum absolute atomic E-state index is 0.0503. The Hall–Kier alpha value is -3.50. The Morgan fingerprint density at radius 3 is 2.71 bits per heavy atom. The van der Waals surface area contributed by atoms with Crippen LogP contribution in [0.2, 0.25) is 5.02 Å². The maximum absolute atomic E-state index is 14.2. The molecule has 0 radical (unpaired) electrons. The van der Waals surface area contributed by atoms with Crippen LogP contribution in [-0.2, 0) is 22.7 Å². The van der Waals surface area contributed by atoms with Crippen molar-refractivity contribution in [3.05, 3.63) is 64.6 Å². The van der Waals surface area contributed by atoms with Crippen molar-refractivity contribution < 1.29 is 23.9 Å². The Labute approximate surface area is 204 Å². The normalized spacial score (nSPS) is 23.1. The summed E-state index contributed by atoms with van der Waals surface area (Å²) in [5.41, 5.74) is 6.29. The van der Waals surface area contributed by atoms with Gasteiger partial charge in [0.2, 0.25) is 11.8 Å². The summed E-state index contributed by atoms with van der Waals surface area (Å²) in [5, 5.41) is 17.8. The van der Waals surface area contributed by atoms with Gasteiger partial charge in [0.25, 0.3) is 5.91 Å². The number of amides is 3. The minimum atomic E-state index is -0.907. The molecule has 35 heavy (non-hydrogen) atoms. The van der Waals surface area contributed by atoms with Crippen LogP contribution >= 0.6 is 11.6 Å². The zero-order valence-electron chi connectivity index (χ0n) is 18.5. The van der Waals surface area contributed by atoms with Crippen molar-refractivity contribution >= 4 is 40.2 Å². The van der Waals surface area contributed by atoms with E-state index < -0.39 is 35.7 Å². The number of nitrogens with one attached hydrogen (secondary N) is 1. The van der Waals surface area contributed by atoms with Crippen LogP contribution in [0.4, 0.5) is 4.39 Å². The average Bonchev–Trinajstić information content (AvgIpc) is 3.50. The maximum Gasteiger partial charge on any atom is 0.269 e. The van der Waals surface area contributed by atoms with Gasteiger partial charge in [0, 0.05) is 29.5 Å². The second kappa shape index (κ2) is 8.94. The van der Waals surface area contributed by atoms with Gasteiger partial charge >= 0.3 is 0 Å². The van der Waals surface area contributed by atoms with Crippen LogP contribution < -0.4 is 11.1 Å². The molecule has 2 unspecified atom stereocenters. The van der Waals surface area contributed by atoms with Crippen molar-refractivity contribution in [2.24, 2.45) is 11.7 Å². The first kappa shape index (κ1) is 23.3. The standard InChI is InChI=1S/C24H23ClFN5O4/c25-16-6-3-4-12(20(16)26)10-28-24(35)22-15-8-13(9-18(15)32)31(22)19(33)11-30-17-7-2-1-5-14(17)21(29-30)23(27)34/h1-7,13,15,18,22,32H,8-11H2,(H2,27,34)(H,28,35)/t13?,15?,18-,22-/m1/s1. The van der Waals surface area contributed by atoms with Gasteiger partial charge in [0.15, 0.2) is 5.69 Å². The lowest BCUT2D eigenvalue weighted by Crippen LogP contribution is -2.56. The third-order valence-corrected chi connectivity index (χ3v) is 7.16. The SMILES string of the molecule is NC(=O)c1nn(CC(=O)N2C3CC([C@H](O)C3)[C@@H]2C(=O)NCc2cccc(Cl)c2F)c2ccccc12. The van der Waals surface area contributed by atoms with Crippen LogP contribution in [0, 0.1) is 11.7 Å². The molecule has 2 bridgehead atoms. The highest BCUT2D eigenvalue weighted by Crippen LogP contribution is 2.43. The first-order valence-electron chi connectivity index (χ1n) is 11.2. The molecule has 4 atom stereocenters. The molecule has 1 aliphatic carbocycles. The van der Waals surface area contributed by atoms with Crippen molar-refractivity contribution in [3.63, 3.8) is 0 Å². The molecule has 3 amide bonds. The first-order valence-corrected chi connectivity index (χ1v) is 11.6. The molecule has 2 heterocycles. The van der Waals surface area contributed by atoms with E-state index in [4.69, 9.17) is 17.3 Å². The topological polar surface area (TPSA) is 131 Å². The van der Waals surface area contributed by atoms with Gasteiger partial charge in [-0.05, 0) is 25.0 Å². The van der Waals surface area contributed by atoms with E-state index in [9.17, 15) is 23.9 Å². The number of benzene rings is 2. The Morgan fingerprint density at radius 2 is 1.94 bits per heavy atom. The molecule has 1 saturated heterocycles. The molecule has 1 saturated carbocycles. The summed E-state index contributed by atoms with van der Waals surface area (Å²) in [7, 11) is 0. The van der Waals surface area contributed by atoms with E-state index in [-0.39, 0.29) is 41.3 Å². The lowest BCUT2D eigenvalue weighted by molar-refractivity contribution is -0.145. The lowest BCUT2D eigenvalue weighted by Gasteiger charge is -2.36. The largest absolute Gasteiger partial charge is 0.393 e. The zero-order chi connectivity index (χ0) is 24.9. The smallest absolute Gasteiger partial charge is 0.269 e. The molecule has 0 spiro atoms. The fourth-order valence-electron chi connectivity index (χ4n) is 5.31. The van der Waals surface area contributed by atoms with Crippen LogP contribution in [0.5, 0.6) is 0 Å². The summed E-state index contributed by atoms with van der Waals surface area (Å²) in [6.07, 6.45) is 0.146. The molecule has 9 nitrogen and oxygen atoms in total. The van der Waals surface area contributed by atoms with E-state index >= 15 is 0 Å². The highest BCUT2D eigenvalue weighted by atomic mass is 35.5. The summed E-state index contributed by atoms with van der Waals surface area (Å²) >= 11 is 5.82. The second-order valence-electron chi connectivity index (χ2n) is 8.92. The number of halogens is 2. The molecule has 4 N–H and O–H groups in total.